The highest BCUT2D eigenvalue weighted by Gasteiger charge is 2.18. The second-order valence-corrected chi connectivity index (χ2v) is 5.60. The van der Waals surface area contributed by atoms with Crippen LogP contribution in [0.2, 0.25) is 0 Å². The lowest BCUT2D eigenvalue weighted by Crippen LogP contribution is -2.35. The summed E-state index contributed by atoms with van der Waals surface area (Å²) >= 11 is 0. The number of hydrogen-bond acceptors (Lipinski definition) is 1. The average Bonchev–Trinajstić information content (AvgIpc) is 2.12. The third-order valence-electron chi connectivity index (χ3n) is 3.64. The van der Waals surface area contributed by atoms with Gasteiger partial charge in [0.1, 0.15) is 0 Å². The number of nitrogens with two attached hydrogens (primary N) is 1. The van der Waals surface area contributed by atoms with Crippen molar-refractivity contribution in [2.45, 2.75) is 77.2 Å². The molecular formula is C13H27N. The van der Waals surface area contributed by atoms with Crippen molar-refractivity contribution in [3.8, 4) is 0 Å². The van der Waals surface area contributed by atoms with Gasteiger partial charge in [-0.2, -0.15) is 0 Å². The van der Waals surface area contributed by atoms with Gasteiger partial charge in [-0.05, 0) is 25.7 Å². The fraction of sp³-hybridized carbons (Fsp3) is 1.00. The molecule has 2 unspecified atom stereocenters. The zero-order valence-corrected chi connectivity index (χ0v) is 10.0. The Labute approximate surface area is 89.5 Å². The maximum atomic E-state index is 6.26. The van der Waals surface area contributed by atoms with Crippen LogP contribution in [0.5, 0.6) is 0 Å². The van der Waals surface area contributed by atoms with Crippen molar-refractivity contribution in [2.24, 2.45) is 11.7 Å². The maximum absolute atomic E-state index is 6.26. The summed E-state index contributed by atoms with van der Waals surface area (Å²) in [5.74, 6) is 0.920. The first kappa shape index (κ1) is 12.0. The summed E-state index contributed by atoms with van der Waals surface area (Å²) in [6, 6.07) is 0. The molecule has 0 aliphatic heterocycles. The van der Waals surface area contributed by atoms with Gasteiger partial charge in [0.2, 0.25) is 0 Å². The molecule has 1 nitrogen and oxygen atoms in total. The van der Waals surface area contributed by atoms with Crippen molar-refractivity contribution < 1.29 is 0 Å². The normalized spacial score (nSPS) is 37.5. The summed E-state index contributed by atoms with van der Waals surface area (Å²) < 4.78 is 0. The lowest BCUT2D eigenvalue weighted by Gasteiger charge is -2.24. The smallest absolute Gasteiger partial charge is 0.0125 e. The molecule has 1 heteroatoms. The standard InChI is InChI=1S/C13H27N/c1-12-8-5-3-4-6-10-13(2,14)11-7-9-12/h12H,3-11,14H2,1-2H3. The Morgan fingerprint density at radius 2 is 1.50 bits per heavy atom. The minimum absolute atomic E-state index is 0.115. The lowest BCUT2D eigenvalue weighted by molar-refractivity contribution is 0.360. The Bertz CT molecular complexity index is 151. The molecule has 0 spiro atoms. The third kappa shape index (κ3) is 4.99. The molecule has 0 aromatic rings. The van der Waals surface area contributed by atoms with E-state index in [1.54, 1.807) is 0 Å². The Morgan fingerprint density at radius 3 is 2.29 bits per heavy atom. The van der Waals surface area contributed by atoms with Crippen LogP contribution >= 0.6 is 0 Å². The molecule has 0 aromatic carbocycles. The van der Waals surface area contributed by atoms with Crippen LogP contribution in [0.1, 0.15) is 71.6 Å². The molecule has 1 aliphatic rings. The number of hydrogen-bond donors (Lipinski definition) is 1. The van der Waals surface area contributed by atoms with Crippen LogP contribution in [0.3, 0.4) is 0 Å². The second kappa shape index (κ2) is 5.75. The van der Waals surface area contributed by atoms with E-state index in [1.165, 1.54) is 57.8 Å². The van der Waals surface area contributed by atoms with Crippen LogP contribution < -0.4 is 5.73 Å². The summed E-state index contributed by atoms with van der Waals surface area (Å²) in [7, 11) is 0. The first-order valence-corrected chi connectivity index (χ1v) is 6.39. The molecule has 2 N–H and O–H groups in total. The summed E-state index contributed by atoms with van der Waals surface area (Å²) in [5.41, 5.74) is 6.38. The van der Waals surface area contributed by atoms with E-state index in [0.29, 0.717) is 0 Å². The molecule has 0 saturated heterocycles. The maximum Gasteiger partial charge on any atom is 0.0125 e. The highest BCUT2D eigenvalue weighted by molar-refractivity contribution is 4.79. The van der Waals surface area contributed by atoms with E-state index in [4.69, 9.17) is 5.73 Å². The van der Waals surface area contributed by atoms with Crippen molar-refractivity contribution in [1.82, 2.24) is 0 Å². The SMILES string of the molecule is CC1CCCCCCC(C)(N)CCC1. The first-order valence-electron chi connectivity index (χ1n) is 6.39. The average molecular weight is 197 g/mol. The van der Waals surface area contributed by atoms with Gasteiger partial charge < -0.3 is 5.73 Å². The molecule has 0 radical (unpaired) electrons. The van der Waals surface area contributed by atoms with Crippen molar-refractivity contribution in [1.29, 1.82) is 0 Å². The predicted octanol–water partition coefficient (Wildman–Crippen LogP) is 3.86. The van der Waals surface area contributed by atoms with Gasteiger partial charge in [-0.15, -0.1) is 0 Å². The van der Waals surface area contributed by atoms with Crippen LogP contribution in [-0.2, 0) is 0 Å². The van der Waals surface area contributed by atoms with E-state index >= 15 is 0 Å². The quantitative estimate of drug-likeness (QED) is 0.627. The Morgan fingerprint density at radius 1 is 0.929 bits per heavy atom. The van der Waals surface area contributed by atoms with E-state index in [0.717, 1.165) is 5.92 Å². The molecule has 84 valence electrons. The van der Waals surface area contributed by atoms with E-state index < -0.39 is 0 Å². The molecule has 14 heavy (non-hydrogen) atoms. The summed E-state index contributed by atoms with van der Waals surface area (Å²) in [6.07, 6.45) is 12.2. The molecule has 1 aliphatic carbocycles. The summed E-state index contributed by atoms with van der Waals surface area (Å²) in [4.78, 5) is 0. The van der Waals surface area contributed by atoms with E-state index in [2.05, 4.69) is 13.8 Å². The highest BCUT2D eigenvalue weighted by Crippen LogP contribution is 2.24. The van der Waals surface area contributed by atoms with Gasteiger partial charge in [-0.25, -0.2) is 0 Å². The van der Waals surface area contributed by atoms with Crippen molar-refractivity contribution in [3.05, 3.63) is 0 Å². The van der Waals surface area contributed by atoms with Crippen LogP contribution in [0.15, 0.2) is 0 Å². The first-order chi connectivity index (χ1) is 6.60. The molecule has 0 bridgehead atoms. The van der Waals surface area contributed by atoms with Gasteiger partial charge in [0, 0.05) is 5.54 Å². The zero-order valence-electron chi connectivity index (χ0n) is 10.0. The van der Waals surface area contributed by atoms with E-state index in [9.17, 15) is 0 Å². The molecule has 1 fully saturated rings. The summed E-state index contributed by atoms with van der Waals surface area (Å²) in [6.45, 7) is 4.63. The molecule has 0 aromatic heterocycles. The van der Waals surface area contributed by atoms with Crippen LogP contribution in [0.4, 0.5) is 0 Å². The monoisotopic (exact) mass is 197 g/mol. The Hall–Kier alpha value is -0.0400. The minimum atomic E-state index is 0.115. The largest absolute Gasteiger partial charge is 0.325 e. The minimum Gasteiger partial charge on any atom is -0.325 e. The molecule has 0 amide bonds. The highest BCUT2D eigenvalue weighted by atomic mass is 14.7. The zero-order chi connectivity index (χ0) is 10.4. The fourth-order valence-corrected chi connectivity index (χ4v) is 2.50. The lowest BCUT2D eigenvalue weighted by atomic mass is 9.89. The van der Waals surface area contributed by atoms with Crippen molar-refractivity contribution in [3.63, 3.8) is 0 Å². The van der Waals surface area contributed by atoms with Crippen LogP contribution in [0.25, 0.3) is 0 Å². The fourth-order valence-electron chi connectivity index (χ4n) is 2.50. The summed E-state index contributed by atoms with van der Waals surface area (Å²) in [5, 5.41) is 0. The van der Waals surface area contributed by atoms with E-state index in [-0.39, 0.29) is 5.54 Å². The van der Waals surface area contributed by atoms with Gasteiger partial charge in [-0.1, -0.05) is 51.9 Å². The third-order valence-corrected chi connectivity index (χ3v) is 3.64. The van der Waals surface area contributed by atoms with Gasteiger partial charge in [0.25, 0.3) is 0 Å². The molecule has 2 atom stereocenters. The van der Waals surface area contributed by atoms with Gasteiger partial charge in [0.15, 0.2) is 0 Å². The van der Waals surface area contributed by atoms with Crippen molar-refractivity contribution in [2.75, 3.05) is 0 Å². The van der Waals surface area contributed by atoms with Crippen LogP contribution in [-0.4, -0.2) is 5.54 Å². The van der Waals surface area contributed by atoms with Crippen LogP contribution in [0, 0.1) is 5.92 Å². The van der Waals surface area contributed by atoms with E-state index in [1.807, 2.05) is 0 Å². The Kier molecular flexibility index (Phi) is 4.94. The topological polar surface area (TPSA) is 26.0 Å². The second-order valence-electron chi connectivity index (χ2n) is 5.60. The molecule has 1 rings (SSSR count). The van der Waals surface area contributed by atoms with Gasteiger partial charge >= 0.3 is 0 Å². The molecule has 0 heterocycles. The Balaban J connectivity index is 2.36. The van der Waals surface area contributed by atoms with Gasteiger partial charge in [-0.3, -0.25) is 0 Å². The predicted molar refractivity (Wildman–Crippen MR) is 63.3 cm³/mol. The number of rotatable bonds is 0. The van der Waals surface area contributed by atoms with Crippen molar-refractivity contribution >= 4 is 0 Å². The molecular weight excluding hydrogens is 170 g/mol. The molecule has 1 saturated carbocycles. The van der Waals surface area contributed by atoms with Gasteiger partial charge in [0.05, 0.1) is 0 Å².